The SMILES string of the molecule is N=C1S/C(=C2/CNc3ccccc3S2)C(=O)N1Cc1ccccc1. The number of carbonyl (C=O) groups is 1. The summed E-state index contributed by atoms with van der Waals surface area (Å²) >= 11 is 2.88. The number of hydrogen-bond acceptors (Lipinski definition) is 5. The fourth-order valence-electron chi connectivity index (χ4n) is 2.67. The molecule has 2 aliphatic rings. The molecule has 2 aromatic rings. The zero-order valence-electron chi connectivity index (χ0n) is 12.8. The summed E-state index contributed by atoms with van der Waals surface area (Å²) in [5, 5.41) is 11.8. The fourth-order valence-corrected chi connectivity index (χ4v) is 4.74. The highest BCUT2D eigenvalue weighted by molar-refractivity contribution is 8.19. The maximum absolute atomic E-state index is 12.8. The van der Waals surface area contributed by atoms with Crippen molar-refractivity contribution in [2.45, 2.75) is 11.4 Å². The van der Waals surface area contributed by atoms with Gasteiger partial charge < -0.3 is 5.32 Å². The Bertz CT molecular complexity index is 848. The van der Waals surface area contributed by atoms with E-state index in [-0.39, 0.29) is 5.91 Å². The van der Waals surface area contributed by atoms with Crippen molar-refractivity contribution in [2.75, 3.05) is 11.9 Å². The molecule has 0 bridgehead atoms. The summed E-state index contributed by atoms with van der Waals surface area (Å²) in [6.07, 6.45) is 0. The van der Waals surface area contributed by atoms with Gasteiger partial charge in [0.15, 0.2) is 5.17 Å². The summed E-state index contributed by atoms with van der Waals surface area (Å²) < 4.78 is 0. The largest absolute Gasteiger partial charge is 0.379 e. The number of hydrogen-bond donors (Lipinski definition) is 2. The molecule has 0 saturated carbocycles. The molecule has 0 radical (unpaired) electrons. The van der Waals surface area contributed by atoms with Crippen LogP contribution in [0.4, 0.5) is 5.69 Å². The second kappa shape index (κ2) is 6.37. The zero-order chi connectivity index (χ0) is 16.5. The Balaban J connectivity index is 1.60. The Labute approximate surface area is 148 Å². The van der Waals surface area contributed by atoms with E-state index >= 15 is 0 Å². The molecule has 1 fully saturated rings. The monoisotopic (exact) mass is 353 g/mol. The molecule has 24 heavy (non-hydrogen) atoms. The van der Waals surface area contributed by atoms with E-state index in [2.05, 4.69) is 5.32 Å². The standard InChI is InChI=1S/C18H15N3OS2/c19-18-21(11-12-6-2-1-3-7-12)17(22)16(24-18)15-10-20-13-8-4-5-9-14(13)23-15/h1-9,19-20H,10-11H2/b16-15-,19-18?. The molecular formula is C18H15N3OS2. The number of amidine groups is 1. The van der Waals surface area contributed by atoms with E-state index in [9.17, 15) is 4.79 Å². The second-order valence-electron chi connectivity index (χ2n) is 5.49. The van der Waals surface area contributed by atoms with Gasteiger partial charge in [-0.3, -0.25) is 15.1 Å². The van der Waals surface area contributed by atoms with Crippen LogP contribution in [-0.2, 0) is 11.3 Å². The lowest BCUT2D eigenvalue weighted by Gasteiger charge is -2.20. The van der Waals surface area contributed by atoms with E-state index in [1.165, 1.54) is 11.8 Å². The van der Waals surface area contributed by atoms with Crippen LogP contribution in [0.5, 0.6) is 0 Å². The first-order chi connectivity index (χ1) is 11.7. The average molecular weight is 353 g/mol. The number of nitrogens with zero attached hydrogens (tertiary/aromatic N) is 1. The molecule has 2 aliphatic heterocycles. The summed E-state index contributed by atoms with van der Waals surface area (Å²) in [4.78, 5) is 17.1. The van der Waals surface area contributed by atoms with E-state index in [0.29, 0.717) is 23.2 Å². The number of thioether (sulfide) groups is 2. The van der Waals surface area contributed by atoms with Gasteiger partial charge in [-0.1, -0.05) is 54.2 Å². The quantitative estimate of drug-likeness (QED) is 0.797. The zero-order valence-corrected chi connectivity index (χ0v) is 14.4. The van der Waals surface area contributed by atoms with Gasteiger partial charge in [0.1, 0.15) is 0 Å². The summed E-state index contributed by atoms with van der Waals surface area (Å²) in [6.45, 7) is 1.07. The average Bonchev–Trinajstić information content (AvgIpc) is 2.90. The fraction of sp³-hybridized carbons (Fsp3) is 0.111. The van der Waals surface area contributed by atoms with Crippen molar-refractivity contribution in [1.82, 2.24) is 4.90 Å². The van der Waals surface area contributed by atoms with Crippen LogP contribution in [-0.4, -0.2) is 22.5 Å². The smallest absolute Gasteiger partial charge is 0.267 e. The third-order valence-corrected chi connectivity index (χ3v) is 6.22. The highest BCUT2D eigenvalue weighted by Gasteiger charge is 2.35. The van der Waals surface area contributed by atoms with Crippen molar-refractivity contribution >= 4 is 40.3 Å². The van der Waals surface area contributed by atoms with Crippen LogP contribution < -0.4 is 5.32 Å². The number of fused-ring (bicyclic) bond motifs is 1. The number of para-hydroxylation sites is 1. The minimum absolute atomic E-state index is 0.0717. The molecule has 4 rings (SSSR count). The first kappa shape index (κ1) is 15.4. The van der Waals surface area contributed by atoms with Crippen molar-refractivity contribution < 1.29 is 4.79 Å². The second-order valence-corrected chi connectivity index (χ2v) is 7.62. The Kier molecular flexibility index (Phi) is 4.08. The lowest BCUT2D eigenvalue weighted by Crippen LogP contribution is -2.28. The van der Waals surface area contributed by atoms with Crippen LogP contribution in [0.2, 0.25) is 0 Å². The Hall–Kier alpha value is -2.18. The van der Waals surface area contributed by atoms with Crippen LogP contribution in [0.15, 0.2) is 69.3 Å². The van der Waals surface area contributed by atoms with E-state index in [1.54, 1.807) is 16.7 Å². The molecule has 2 N–H and O–H groups in total. The predicted octanol–water partition coefficient (Wildman–Crippen LogP) is 4.13. The van der Waals surface area contributed by atoms with E-state index in [4.69, 9.17) is 5.41 Å². The highest BCUT2D eigenvalue weighted by Crippen LogP contribution is 2.43. The number of amides is 1. The van der Waals surface area contributed by atoms with Crippen molar-refractivity contribution in [2.24, 2.45) is 0 Å². The van der Waals surface area contributed by atoms with Gasteiger partial charge >= 0.3 is 0 Å². The van der Waals surface area contributed by atoms with Crippen molar-refractivity contribution in [3.63, 3.8) is 0 Å². The molecule has 1 saturated heterocycles. The van der Waals surface area contributed by atoms with Gasteiger partial charge in [0, 0.05) is 22.0 Å². The van der Waals surface area contributed by atoms with Crippen LogP contribution in [0, 0.1) is 5.41 Å². The molecule has 4 nitrogen and oxygen atoms in total. The molecule has 0 atom stereocenters. The van der Waals surface area contributed by atoms with Gasteiger partial charge in [-0.2, -0.15) is 0 Å². The summed E-state index contributed by atoms with van der Waals surface area (Å²) in [5.41, 5.74) is 2.13. The van der Waals surface area contributed by atoms with Gasteiger partial charge in [-0.05, 0) is 29.5 Å². The number of benzene rings is 2. The number of rotatable bonds is 2. The molecule has 2 aromatic carbocycles. The van der Waals surface area contributed by atoms with E-state index in [1.807, 2.05) is 54.6 Å². The number of anilines is 1. The molecule has 6 heteroatoms. The van der Waals surface area contributed by atoms with Crippen LogP contribution in [0.25, 0.3) is 0 Å². The Morgan fingerprint density at radius 2 is 1.79 bits per heavy atom. The predicted molar refractivity (Wildman–Crippen MR) is 100 cm³/mol. The minimum Gasteiger partial charge on any atom is -0.379 e. The third kappa shape index (κ3) is 2.83. The van der Waals surface area contributed by atoms with E-state index < -0.39 is 0 Å². The first-order valence-electron chi connectivity index (χ1n) is 7.58. The molecule has 2 heterocycles. The molecule has 0 aromatic heterocycles. The molecule has 0 spiro atoms. The van der Waals surface area contributed by atoms with Gasteiger partial charge in [0.2, 0.25) is 0 Å². The van der Waals surface area contributed by atoms with Crippen LogP contribution in [0.1, 0.15) is 5.56 Å². The topological polar surface area (TPSA) is 56.2 Å². The molecule has 1 amide bonds. The van der Waals surface area contributed by atoms with Gasteiger partial charge in [0.05, 0.1) is 11.4 Å². The van der Waals surface area contributed by atoms with Crippen LogP contribution in [0.3, 0.4) is 0 Å². The molecule has 0 unspecified atom stereocenters. The van der Waals surface area contributed by atoms with Crippen molar-refractivity contribution in [3.8, 4) is 0 Å². The normalized spacial score (nSPS) is 20.1. The maximum atomic E-state index is 12.8. The third-order valence-electron chi connectivity index (χ3n) is 3.88. The number of nitrogens with one attached hydrogen (secondary N) is 2. The van der Waals surface area contributed by atoms with E-state index in [0.717, 1.165) is 21.1 Å². The number of carbonyl (C=O) groups excluding carboxylic acids is 1. The summed E-state index contributed by atoms with van der Waals surface area (Å²) in [7, 11) is 0. The maximum Gasteiger partial charge on any atom is 0.267 e. The lowest BCUT2D eigenvalue weighted by atomic mass is 10.2. The van der Waals surface area contributed by atoms with Crippen molar-refractivity contribution in [1.29, 1.82) is 5.41 Å². The molecule has 0 aliphatic carbocycles. The summed E-state index contributed by atoms with van der Waals surface area (Å²) in [6, 6.07) is 17.9. The molecular weight excluding hydrogens is 338 g/mol. The molecule has 120 valence electrons. The van der Waals surface area contributed by atoms with Gasteiger partial charge in [-0.15, -0.1) is 0 Å². The lowest BCUT2D eigenvalue weighted by molar-refractivity contribution is -0.122. The van der Waals surface area contributed by atoms with Crippen molar-refractivity contribution in [3.05, 3.63) is 70.0 Å². The first-order valence-corrected chi connectivity index (χ1v) is 9.22. The van der Waals surface area contributed by atoms with Gasteiger partial charge in [0.25, 0.3) is 5.91 Å². The summed E-state index contributed by atoms with van der Waals surface area (Å²) in [5.74, 6) is -0.0717. The highest BCUT2D eigenvalue weighted by atomic mass is 32.2. The Morgan fingerprint density at radius 3 is 2.62 bits per heavy atom. The Morgan fingerprint density at radius 1 is 1.04 bits per heavy atom. The minimum atomic E-state index is -0.0717. The van der Waals surface area contributed by atoms with Gasteiger partial charge in [-0.25, -0.2) is 0 Å². The van der Waals surface area contributed by atoms with Crippen LogP contribution >= 0.6 is 23.5 Å².